The molecule has 1 heterocycles. The van der Waals surface area contributed by atoms with E-state index in [1.54, 1.807) is 13.2 Å². The molecular formula is C32H46N2O4. The summed E-state index contributed by atoms with van der Waals surface area (Å²) < 4.78 is 5.47. The molecule has 10 atom stereocenters. The first-order valence-electron chi connectivity index (χ1n) is 15.1. The molecule has 2 aromatic rings. The molecule has 0 radical (unpaired) electrons. The van der Waals surface area contributed by atoms with E-state index in [4.69, 9.17) is 9.72 Å². The summed E-state index contributed by atoms with van der Waals surface area (Å²) in [4.78, 5) is 20.5. The van der Waals surface area contributed by atoms with Crippen molar-refractivity contribution < 1.29 is 14.9 Å². The second-order valence-corrected chi connectivity index (χ2v) is 13.8. The van der Waals surface area contributed by atoms with Crippen LogP contribution < -0.4 is 10.3 Å². The van der Waals surface area contributed by atoms with E-state index in [-0.39, 0.29) is 28.6 Å². The molecule has 0 saturated heterocycles. The lowest BCUT2D eigenvalue weighted by Gasteiger charge is -2.62. The summed E-state index contributed by atoms with van der Waals surface area (Å²) in [6, 6.07) is 5.48. The van der Waals surface area contributed by atoms with E-state index < -0.39 is 0 Å². The van der Waals surface area contributed by atoms with Gasteiger partial charge in [0.15, 0.2) is 0 Å². The summed E-state index contributed by atoms with van der Waals surface area (Å²) in [7, 11) is 1.62. The van der Waals surface area contributed by atoms with Gasteiger partial charge in [0.1, 0.15) is 17.1 Å². The summed E-state index contributed by atoms with van der Waals surface area (Å²) in [5.74, 6) is 4.54. The quantitative estimate of drug-likeness (QED) is 0.483. The number of hydrogen-bond acceptors (Lipinski definition) is 5. The first kappa shape index (κ1) is 26.3. The van der Waals surface area contributed by atoms with Gasteiger partial charge in [-0.3, -0.25) is 4.79 Å². The van der Waals surface area contributed by atoms with Crippen molar-refractivity contribution in [2.45, 2.75) is 97.2 Å². The van der Waals surface area contributed by atoms with Crippen LogP contribution in [-0.4, -0.2) is 39.5 Å². The molecule has 0 amide bonds. The van der Waals surface area contributed by atoms with Gasteiger partial charge >= 0.3 is 0 Å². The third-order valence-electron chi connectivity index (χ3n) is 12.2. The molecule has 6 nitrogen and oxygen atoms in total. The number of ether oxygens (including phenoxy) is 1. The summed E-state index contributed by atoms with van der Waals surface area (Å²) in [6.07, 6.45) is 9.99. The van der Waals surface area contributed by atoms with Gasteiger partial charge in [0.05, 0.1) is 24.7 Å². The molecule has 6 heteroatoms. The Morgan fingerprint density at radius 1 is 1.08 bits per heavy atom. The van der Waals surface area contributed by atoms with Gasteiger partial charge in [-0.2, -0.15) is 0 Å². The Labute approximate surface area is 226 Å². The highest BCUT2D eigenvalue weighted by atomic mass is 16.5. The molecule has 4 aliphatic rings. The number of nitrogens with zero attached hydrogens (tertiary/aromatic N) is 1. The molecule has 0 spiro atoms. The Hall–Kier alpha value is -1.92. The molecule has 0 aliphatic heterocycles. The Kier molecular flexibility index (Phi) is 6.66. The van der Waals surface area contributed by atoms with Crippen molar-refractivity contribution in [3.63, 3.8) is 0 Å². The summed E-state index contributed by atoms with van der Waals surface area (Å²) in [6.45, 7) is 7.40. The lowest BCUT2D eigenvalue weighted by Crippen LogP contribution is -2.58. The minimum atomic E-state index is -0.232. The van der Waals surface area contributed by atoms with Crippen molar-refractivity contribution in [3.05, 3.63) is 34.4 Å². The fourth-order valence-corrected chi connectivity index (χ4v) is 10.2. The number of rotatable bonds is 5. The van der Waals surface area contributed by atoms with Gasteiger partial charge in [0, 0.05) is 6.42 Å². The summed E-state index contributed by atoms with van der Waals surface area (Å²) >= 11 is 0. The Morgan fingerprint density at radius 3 is 2.63 bits per heavy atom. The molecule has 6 rings (SSSR count). The van der Waals surface area contributed by atoms with Gasteiger partial charge in [0.25, 0.3) is 5.56 Å². The second kappa shape index (κ2) is 9.62. The van der Waals surface area contributed by atoms with Crippen LogP contribution in [0.5, 0.6) is 5.75 Å². The van der Waals surface area contributed by atoms with Crippen LogP contribution in [0.25, 0.3) is 10.9 Å². The highest BCUT2D eigenvalue weighted by Crippen LogP contribution is 2.68. The van der Waals surface area contributed by atoms with Crippen molar-refractivity contribution in [1.29, 1.82) is 0 Å². The van der Waals surface area contributed by atoms with E-state index in [2.05, 4.69) is 25.8 Å². The first-order chi connectivity index (χ1) is 18.2. The molecule has 0 bridgehead atoms. The van der Waals surface area contributed by atoms with Crippen molar-refractivity contribution in [2.24, 2.45) is 46.3 Å². The molecule has 1 aromatic heterocycles. The summed E-state index contributed by atoms with van der Waals surface area (Å²) in [5, 5.41) is 22.4. The number of benzene rings is 1. The maximum atomic E-state index is 12.7. The molecule has 1 unspecified atom stereocenters. The van der Waals surface area contributed by atoms with E-state index in [1.165, 1.54) is 25.7 Å². The third kappa shape index (κ3) is 4.04. The van der Waals surface area contributed by atoms with Gasteiger partial charge in [-0.15, -0.1) is 0 Å². The highest BCUT2D eigenvalue weighted by Gasteiger charge is 2.62. The Balaban J connectivity index is 1.19. The SMILES string of the molecule is COc1cccc2c(=O)[nH]c(CC[C@@H](C)[C@H]3CC[C@H]4[C@H]5C(CC[C@]34C)[C@@]3(C)CC[C@@H](O)C[C@H]3C[C@@H]5O)nc12. The van der Waals surface area contributed by atoms with Gasteiger partial charge in [-0.05, 0) is 116 Å². The number of H-pyrrole nitrogens is 1. The van der Waals surface area contributed by atoms with Crippen LogP contribution in [0.4, 0.5) is 0 Å². The average Bonchev–Trinajstić information content (AvgIpc) is 3.25. The molecule has 208 valence electrons. The minimum Gasteiger partial charge on any atom is -0.494 e. The first-order valence-corrected chi connectivity index (χ1v) is 15.1. The molecule has 4 fully saturated rings. The van der Waals surface area contributed by atoms with E-state index in [1.807, 2.05) is 12.1 Å². The number of hydrogen-bond donors (Lipinski definition) is 3. The van der Waals surface area contributed by atoms with Crippen LogP contribution in [0.2, 0.25) is 0 Å². The van der Waals surface area contributed by atoms with Gasteiger partial charge in [-0.1, -0.05) is 26.8 Å². The second-order valence-electron chi connectivity index (χ2n) is 13.8. The van der Waals surface area contributed by atoms with E-state index >= 15 is 0 Å². The van der Waals surface area contributed by atoms with Gasteiger partial charge in [-0.25, -0.2) is 4.98 Å². The zero-order valence-electron chi connectivity index (χ0n) is 23.6. The number of aliphatic hydroxyl groups is 2. The number of aryl methyl sites for hydroxylation is 1. The van der Waals surface area contributed by atoms with Crippen LogP contribution in [0.15, 0.2) is 23.0 Å². The van der Waals surface area contributed by atoms with Crippen LogP contribution in [0, 0.1) is 46.3 Å². The predicted octanol–water partition coefficient (Wildman–Crippen LogP) is 5.49. The number of para-hydroxylation sites is 1. The monoisotopic (exact) mass is 522 g/mol. The van der Waals surface area contributed by atoms with Crippen LogP contribution >= 0.6 is 0 Å². The van der Waals surface area contributed by atoms with E-state index in [9.17, 15) is 15.0 Å². The standard InChI is InChI=1S/C32H46N2O4/c1-18(8-11-27-33-29-21(30(37)34-27)6-5-7-26(29)38-4)22-9-10-23-28-24(13-15-32(22,23)3)31(2)14-12-20(35)16-19(31)17-25(28)36/h5-7,18-20,22-25,28,35-36H,8-17H2,1-4H3,(H,33,34,37)/t18-,19+,20-,22-,23+,24?,25+,28+,31+,32-/m1/s1. The topological polar surface area (TPSA) is 95.4 Å². The fourth-order valence-electron chi connectivity index (χ4n) is 10.2. The van der Waals surface area contributed by atoms with Crippen molar-refractivity contribution in [1.82, 2.24) is 9.97 Å². The molecule has 4 saturated carbocycles. The number of aromatic amines is 1. The van der Waals surface area contributed by atoms with Crippen molar-refractivity contribution in [3.8, 4) is 5.75 Å². The molecule has 1 aromatic carbocycles. The Bertz CT molecular complexity index is 1240. The fraction of sp³-hybridized carbons (Fsp3) is 0.750. The Morgan fingerprint density at radius 2 is 1.84 bits per heavy atom. The normalized spacial score (nSPS) is 41.3. The summed E-state index contributed by atoms with van der Waals surface area (Å²) in [5.41, 5.74) is 1.06. The maximum Gasteiger partial charge on any atom is 0.258 e. The van der Waals surface area contributed by atoms with E-state index in [0.717, 1.165) is 44.3 Å². The number of methoxy groups -OCH3 is 1. The van der Waals surface area contributed by atoms with Gasteiger partial charge in [0.2, 0.25) is 0 Å². The lowest BCUT2D eigenvalue weighted by molar-refractivity contribution is -0.174. The van der Waals surface area contributed by atoms with Crippen molar-refractivity contribution in [2.75, 3.05) is 7.11 Å². The molecule has 3 N–H and O–H groups in total. The van der Waals surface area contributed by atoms with Crippen molar-refractivity contribution >= 4 is 10.9 Å². The zero-order valence-corrected chi connectivity index (χ0v) is 23.6. The number of aromatic nitrogens is 2. The van der Waals surface area contributed by atoms with Crippen LogP contribution in [0.3, 0.4) is 0 Å². The zero-order chi connectivity index (χ0) is 26.8. The minimum absolute atomic E-state index is 0.101. The lowest BCUT2D eigenvalue weighted by atomic mass is 9.43. The van der Waals surface area contributed by atoms with Gasteiger partial charge < -0.3 is 19.9 Å². The number of nitrogens with one attached hydrogen (secondary N) is 1. The predicted molar refractivity (Wildman–Crippen MR) is 149 cm³/mol. The number of aliphatic hydroxyl groups excluding tert-OH is 2. The smallest absolute Gasteiger partial charge is 0.258 e. The molecule has 38 heavy (non-hydrogen) atoms. The van der Waals surface area contributed by atoms with Crippen LogP contribution in [-0.2, 0) is 6.42 Å². The molecule has 4 aliphatic carbocycles. The highest BCUT2D eigenvalue weighted by molar-refractivity contribution is 5.83. The van der Waals surface area contributed by atoms with Crippen LogP contribution in [0.1, 0.15) is 84.4 Å². The third-order valence-corrected chi connectivity index (χ3v) is 12.2. The average molecular weight is 523 g/mol. The number of fused-ring (bicyclic) bond motifs is 6. The van der Waals surface area contributed by atoms with E-state index in [0.29, 0.717) is 52.2 Å². The largest absolute Gasteiger partial charge is 0.494 e. The maximum absolute atomic E-state index is 12.7. The molecular weight excluding hydrogens is 476 g/mol.